The van der Waals surface area contributed by atoms with Crippen LogP contribution in [0.25, 0.3) is 16.1 Å². The zero-order chi connectivity index (χ0) is 31.3. The van der Waals surface area contributed by atoms with E-state index in [0.717, 1.165) is 40.5 Å². The van der Waals surface area contributed by atoms with Gasteiger partial charge in [-0.25, -0.2) is 24.4 Å². The van der Waals surface area contributed by atoms with Gasteiger partial charge in [0.05, 0.1) is 39.4 Å². The molecule has 1 aliphatic heterocycles. The van der Waals surface area contributed by atoms with Crippen molar-refractivity contribution in [3.8, 4) is 27.9 Å². The van der Waals surface area contributed by atoms with Gasteiger partial charge in [-0.05, 0) is 67.1 Å². The number of hydrogen-bond donors (Lipinski definition) is 2. The van der Waals surface area contributed by atoms with Crippen molar-refractivity contribution in [1.82, 2.24) is 24.7 Å². The summed E-state index contributed by atoms with van der Waals surface area (Å²) in [7, 11) is 0. The number of rotatable bonds is 9. The smallest absolute Gasteiger partial charge is 0.324 e. The Labute approximate surface area is 269 Å². The minimum atomic E-state index is -0.483. The number of urea groups is 1. The number of anilines is 3. The fourth-order valence-corrected chi connectivity index (χ4v) is 6.06. The zero-order valence-corrected chi connectivity index (χ0v) is 26.3. The monoisotopic (exact) mass is 642 g/mol. The second-order valence-corrected chi connectivity index (χ2v) is 12.4. The van der Waals surface area contributed by atoms with Crippen LogP contribution < -0.4 is 20.3 Å². The Morgan fingerprint density at radius 1 is 1.02 bits per heavy atom. The molecular formula is C32H31ClN8O3S. The van der Waals surface area contributed by atoms with Crippen LogP contribution in [0.5, 0.6) is 11.8 Å². The lowest BCUT2D eigenvalue weighted by atomic mass is 10.1. The molecule has 13 heteroatoms. The summed E-state index contributed by atoms with van der Waals surface area (Å²) in [5, 5.41) is 11.5. The number of para-hydroxylation sites is 1. The van der Waals surface area contributed by atoms with E-state index in [2.05, 4.69) is 44.5 Å². The summed E-state index contributed by atoms with van der Waals surface area (Å²) in [6.45, 7) is 4.93. The average Bonchev–Trinajstić information content (AvgIpc) is 3.66. The molecule has 4 heterocycles. The number of nitrogens with one attached hydrogen (secondary N) is 2. The van der Waals surface area contributed by atoms with Crippen molar-refractivity contribution in [3.63, 3.8) is 0 Å². The first-order valence-electron chi connectivity index (χ1n) is 14.6. The van der Waals surface area contributed by atoms with Crippen molar-refractivity contribution in [3.05, 3.63) is 83.9 Å². The number of nitrogens with zero attached hydrogens (tertiary/aromatic N) is 6. The highest BCUT2D eigenvalue weighted by atomic mass is 35.5. The molecular weight excluding hydrogens is 612 g/mol. The summed E-state index contributed by atoms with van der Waals surface area (Å²) in [5.74, 6) is 1.55. The van der Waals surface area contributed by atoms with Crippen LogP contribution in [0.1, 0.15) is 38.8 Å². The number of carbonyl (C=O) groups excluding carboxylic acids is 2. The van der Waals surface area contributed by atoms with Gasteiger partial charge in [0, 0.05) is 25.2 Å². The van der Waals surface area contributed by atoms with Gasteiger partial charge in [0.1, 0.15) is 11.6 Å². The number of hydrogen-bond acceptors (Lipinski definition) is 8. The molecule has 11 nitrogen and oxygen atoms in total. The molecule has 0 unspecified atom stereocenters. The Balaban J connectivity index is 1.07. The molecule has 45 heavy (non-hydrogen) atoms. The van der Waals surface area contributed by atoms with Crippen LogP contribution in [0.4, 0.5) is 21.4 Å². The number of thiazole rings is 1. The highest BCUT2D eigenvalue weighted by molar-refractivity contribution is 7.19. The first-order valence-corrected chi connectivity index (χ1v) is 15.8. The predicted octanol–water partition coefficient (Wildman–Crippen LogP) is 7.59. The van der Waals surface area contributed by atoms with E-state index in [1.54, 1.807) is 21.8 Å². The van der Waals surface area contributed by atoms with E-state index in [1.165, 1.54) is 23.7 Å². The van der Waals surface area contributed by atoms with Gasteiger partial charge in [-0.2, -0.15) is 5.10 Å². The van der Waals surface area contributed by atoms with Crippen molar-refractivity contribution in [1.29, 1.82) is 0 Å². The van der Waals surface area contributed by atoms with Gasteiger partial charge in [0.25, 0.3) is 0 Å². The van der Waals surface area contributed by atoms with Gasteiger partial charge in [-0.1, -0.05) is 48.9 Å². The molecule has 1 fully saturated rings. The van der Waals surface area contributed by atoms with Gasteiger partial charge in [-0.15, -0.1) is 0 Å². The van der Waals surface area contributed by atoms with Crippen LogP contribution >= 0.6 is 22.9 Å². The van der Waals surface area contributed by atoms with Gasteiger partial charge in [-0.3, -0.25) is 15.0 Å². The fourth-order valence-electron chi connectivity index (χ4n) is 4.88. The number of benzene rings is 2. The standard InChI is InChI=1S/C32H31ClN8O3S/c1-20(2)15-22-16-28(41(39-22)26-8-4-3-7-25(26)33)38-30(43)37-23-17-34-31(35-18-23)44-24-12-10-21(11-13-24)27-19-36-32(45-27)40-14-6-5-9-29(40)42/h3-4,7-8,10-13,16-20H,5-6,9,14-15H2,1-2H3,(H2,37,38,43). The lowest BCUT2D eigenvalue weighted by Gasteiger charge is -2.23. The number of ether oxygens (including phenoxy) is 1. The van der Waals surface area contributed by atoms with Crippen LogP contribution in [-0.2, 0) is 11.2 Å². The van der Waals surface area contributed by atoms with E-state index in [0.29, 0.717) is 46.8 Å². The molecule has 2 aromatic carbocycles. The van der Waals surface area contributed by atoms with Crippen molar-refractivity contribution in [2.24, 2.45) is 5.92 Å². The van der Waals surface area contributed by atoms with Crippen LogP contribution in [-0.4, -0.2) is 43.2 Å². The second-order valence-electron chi connectivity index (χ2n) is 11.0. The quantitative estimate of drug-likeness (QED) is 0.170. The van der Waals surface area contributed by atoms with Crippen LogP contribution in [0, 0.1) is 5.92 Å². The van der Waals surface area contributed by atoms with Gasteiger partial charge in [0.15, 0.2) is 5.13 Å². The van der Waals surface area contributed by atoms with E-state index in [4.69, 9.17) is 16.3 Å². The number of carbonyl (C=O) groups is 2. The molecule has 3 amide bonds. The largest absolute Gasteiger partial charge is 0.424 e. The summed E-state index contributed by atoms with van der Waals surface area (Å²) in [5.41, 5.74) is 2.85. The Hall–Kier alpha value is -4.81. The van der Waals surface area contributed by atoms with E-state index in [-0.39, 0.29) is 11.9 Å². The topological polar surface area (TPSA) is 127 Å². The molecule has 5 aromatic rings. The number of halogens is 1. The molecule has 0 saturated carbocycles. The third-order valence-electron chi connectivity index (χ3n) is 6.98. The number of aromatic nitrogens is 5. The Kier molecular flexibility index (Phi) is 9.03. The first kappa shape index (κ1) is 30.2. The van der Waals surface area contributed by atoms with Crippen molar-refractivity contribution in [2.45, 2.75) is 39.5 Å². The van der Waals surface area contributed by atoms with E-state index in [9.17, 15) is 9.59 Å². The van der Waals surface area contributed by atoms with Gasteiger partial charge in [0.2, 0.25) is 5.91 Å². The van der Waals surface area contributed by atoms with E-state index in [1.807, 2.05) is 48.5 Å². The SMILES string of the molecule is CC(C)Cc1cc(NC(=O)Nc2cnc(Oc3ccc(-c4cnc(N5CCCCC5=O)s4)cc3)nc2)n(-c2ccccc2Cl)n1. The Morgan fingerprint density at radius 2 is 1.80 bits per heavy atom. The lowest BCUT2D eigenvalue weighted by molar-refractivity contribution is -0.119. The molecule has 230 valence electrons. The number of piperidine rings is 1. The summed E-state index contributed by atoms with van der Waals surface area (Å²) in [6.07, 6.45) is 7.97. The third kappa shape index (κ3) is 7.30. The first-order chi connectivity index (χ1) is 21.8. The van der Waals surface area contributed by atoms with E-state index >= 15 is 0 Å². The predicted molar refractivity (Wildman–Crippen MR) is 176 cm³/mol. The minimum absolute atomic E-state index is 0.129. The Morgan fingerprint density at radius 3 is 2.53 bits per heavy atom. The zero-order valence-electron chi connectivity index (χ0n) is 24.7. The highest BCUT2D eigenvalue weighted by Crippen LogP contribution is 2.34. The summed E-state index contributed by atoms with van der Waals surface area (Å²) in [6, 6.07) is 16.3. The van der Waals surface area contributed by atoms with Crippen molar-refractivity contribution in [2.75, 3.05) is 22.1 Å². The maximum absolute atomic E-state index is 12.9. The van der Waals surface area contributed by atoms with Crippen LogP contribution in [0.3, 0.4) is 0 Å². The normalized spacial score (nSPS) is 13.2. The summed E-state index contributed by atoms with van der Waals surface area (Å²) in [4.78, 5) is 40.8. The maximum Gasteiger partial charge on any atom is 0.324 e. The lowest BCUT2D eigenvalue weighted by Crippen LogP contribution is -2.34. The third-order valence-corrected chi connectivity index (χ3v) is 8.37. The molecule has 2 N–H and O–H groups in total. The minimum Gasteiger partial charge on any atom is -0.424 e. The van der Waals surface area contributed by atoms with E-state index < -0.39 is 6.03 Å². The summed E-state index contributed by atoms with van der Waals surface area (Å²) >= 11 is 7.92. The Bertz CT molecular complexity index is 1800. The number of amides is 3. The molecule has 0 spiro atoms. The highest BCUT2D eigenvalue weighted by Gasteiger charge is 2.22. The van der Waals surface area contributed by atoms with Crippen molar-refractivity contribution >= 4 is 51.5 Å². The molecule has 0 bridgehead atoms. The van der Waals surface area contributed by atoms with Gasteiger partial charge >= 0.3 is 12.0 Å². The van der Waals surface area contributed by atoms with Crippen LogP contribution in [0.2, 0.25) is 5.02 Å². The molecule has 1 saturated heterocycles. The molecule has 0 atom stereocenters. The average molecular weight is 643 g/mol. The van der Waals surface area contributed by atoms with Crippen molar-refractivity contribution < 1.29 is 14.3 Å². The molecule has 1 aliphatic rings. The van der Waals surface area contributed by atoms with Gasteiger partial charge < -0.3 is 10.1 Å². The summed E-state index contributed by atoms with van der Waals surface area (Å²) < 4.78 is 7.44. The molecule has 0 aliphatic carbocycles. The molecule has 0 radical (unpaired) electrons. The maximum atomic E-state index is 12.9. The fraction of sp³-hybridized carbons (Fsp3) is 0.250. The molecule has 3 aromatic heterocycles. The second kappa shape index (κ2) is 13.4. The molecule has 6 rings (SSSR count). The van der Waals surface area contributed by atoms with Crippen LogP contribution in [0.15, 0.2) is 73.2 Å².